The molecule has 3 heterocycles. The summed E-state index contributed by atoms with van der Waals surface area (Å²) in [6.07, 6.45) is 2.14. The summed E-state index contributed by atoms with van der Waals surface area (Å²) in [7, 11) is 2.13. The molecule has 3 saturated heterocycles. The summed E-state index contributed by atoms with van der Waals surface area (Å²) in [6.45, 7) is 12.8. The van der Waals surface area contributed by atoms with Gasteiger partial charge in [-0.15, -0.1) is 0 Å². The van der Waals surface area contributed by atoms with Gasteiger partial charge in [0.05, 0.1) is 6.10 Å². The van der Waals surface area contributed by atoms with E-state index >= 15 is 0 Å². The van der Waals surface area contributed by atoms with Gasteiger partial charge in [0.15, 0.2) is 5.78 Å². The van der Waals surface area contributed by atoms with Crippen molar-refractivity contribution in [2.75, 3.05) is 51.3 Å². The Balaban J connectivity index is 1.48. The normalized spacial score (nSPS) is 25.7. The molecule has 0 spiro atoms. The van der Waals surface area contributed by atoms with Gasteiger partial charge in [0.25, 0.3) is 5.91 Å². The molecular weight excluding hydrogens is 456 g/mol. The van der Waals surface area contributed by atoms with Crippen LogP contribution in [0.2, 0.25) is 0 Å². The van der Waals surface area contributed by atoms with E-state index in [0.29, 0.717) is 18.5 Å². The van der Waals surface area contributed by atoms with Crippen LogP contribution >= 0.6 is 0 Å². The molecule has 36 heavy (non-hydrogen) atoms. The number of nitrogens with one attached hydrogen (secondary N) is 1. The highest BCUT2D eigenvalue weighted by Crippen LogP contribution is 2.35. The summed E-state index contributed by atoms with van der Waals surface area (Å²) in [5.74, 6) is -0.326. The average Bonchev–Trinajstić information content (AvgIpc) is 3.39. The Morgan fingerprint density at radius 3 is 2.39 bits per heavy atom. The van der Waals surface area contributed by atoms with Crippen LogP contribution in [-0.2, 0) is 14.3 Å². The van der Waals surface area contributed by atoms with Crippen molar-refractivity contribution in [3.63, 3.8) is 0 Å². The molecule has 0 aromatic heterocycles. The number of nitrogens with zero attached hydrogens (tertiary/aromatic N) is 3. The van der Waals surface area contributed by atoms with Gasteiger partial charge in [-0.1, -0.05) is 34.1 Å². The van der Waals surface area contributed by atoms with Crippen LogP contribution in [0.1, 0.15) is 57.3 Å². The summed E-state index contributed by atoms with van der Waals surface area (Å²) in [6, 6.07) is 6.39. The van der Waals surface area contributed by atoms with E-state index < -0.39 is 12.1 Å². The summed E-state index contributed by atoms with van der Waals surface area (Å²) < 4.78 is 5.80. The van der Waals surface area contributed by atoms with Crippen molar-refractivity contribution in [3.8, 4) is 0 Å². The number of ketones is 1. The highest BCUT2D eigenvalue weighted by molar-refractivity contribution is 5.99. The fourth-order valence-electron chi connectivity index (χ4n) is 5.75. The summed E-state index contributed by atoms with van der Waals surface area (Å²) >= 11 is 0. The van der Waals surface area contributed by atoms with Crippen molar-refractivity contribution >= 4 is 23.3 Å². The molecule has 4 rings (SSSR count). The summed E-state index contributed by atoms with van der Waals surface area (Å²) in [4.78, 5) is 46.0. The molecule has 0 radical (unpaired) electrons. The first-order valence-corrected chi connectivity index (χ1v) is 13.4. The maximum absolute atomic E-state index is 13.8. The molecule has 3 aliphatic rings. The van der Waals surface area contributed by atoms with Gasteiger partial charge in [-0.3, -0.25) is 14.4 Å². The monoisotopic (exact) mass is 498 g/mol. The number of amides is 2. The third kappa shape index (κ3) is 5.92. The second-order valence-corrected chi connectivity index (χ2v) is 11.9. The van der Waals surface area contributed by atoms with Gasteiger partial charge in [-0.2, -0.15) is 0 Å². The van der Waals surface area contributed by atoms with Crippen molar-refractivity contribution < 1.29 is 19.1 Å². The van der Waals surface area contributed by atoms with Crippen LogP contribution in [0.15, 0.2) is 24.3 Å². The van der Waals surface area contributed by atoms with Gasteiger partial charge in [-0.05, 0) is 49.6 Å². The lowest BCUT2D eigenvalue weighted by Gasteiger charge is -2.34. The standard InChI is InChI=1S/C28H42N4O4/c1-6-7-20-17-32(24-23(33)18-36-25(20)24)27(35)22(16-28(2,3)4)29-26(34)19-8-10-21(11-9-19)31-14-12-30(5)13-15-31/h8-11,20,22,24-25H,6-7,12-18H2,1-5H3,(H,29,34)/t20-,22?,24-,25-/m1/s1. The number of fused-ring (bicyclic) bond motifs is 1. The van der Waals surface area contributed by atoms with Crippen LogP contribution in [0, 0.1) is 11.3 Å². The third-order valence-corrected chi connectivity index (χ3v) is 7.65. The van der Waals surface area contributed by atoms with Crippen LogP contribution in [0.5, 0.6) is 0 Å². The van der Waals surface area contributed by atoms with Gasteiger partial charge < -0.3 is 24.8 Å². The highest BCUT2D eigenvalue weighted by atomic mass is 16.5. The lowest BCUT2D eigenvalue weighted by Crippen LogP contribution is -2.53. The number of likely N-dealkylation sites (N-methyl/N-ethyl adjacent to an activating group) is 1. The Labute approximate surface area is 215 Å². The molecular formula is C28H42N4O4. The summed E-state index contributed by atoms with van der Waals surface area (Å²) in [5, 5.41) is 3.01. The largest absolute Gasteiger partial charge is 0.369 e. The van der Waals surface area contributed by atoms with Gasteiger partial charge in [0, 0.05) is 49.9 Å². The molecule has 2 amide bonds. The lowest BCUT2D eigenvalue weighted by atomic mass is 9.87. The van der Waals surface area contributed by atoms with E-state index in [2.05, 4.69) is 49.9 Å². The van der Waals surface area contributed by atoms with E-state index in [1.54, 1.807) is 4.90 Å². The molecule has 4 atom stereocenters. The predicted octanol–water partition coefficient (Wildman–Crippen LogP) is 2.57. The first kappa shape index (κ1) is 26.6. The molecule has 198 valence electrons. The minimum atomic E-state index is -0.704. The molecule has 8 heteroatoms. The van der Waals surface area contributed by atoms with E-state index in [0.717, 1.165) is 44.7 Å². The van der Waals surface area contributed by atoms with Crippen LogP contribution in [0.4, 0.5) is 5.69 Å². The number of rotatable bonds is 7. The summed E-state index contributed by atoms with van der Waals surface area (Å²) in [5.41, 5.74) is 1.45. The molecule has 1 unspecified atom stereocenters. The number of hydrogen-bond donors (Lipinski definition) is 1. The van der Waals surface area contributed by atoms with Crippen molar-refractivity contribution in [1.82, 2.24) is 15.1 Å². The van der Waals surface area contributed by atoms with E-state index in [4.69, 9.17) is 4.74 Å². The molecule has 3 fully saturated rings. The van der Waals surface area contributed by atoms with Gasteiger partial charge in [-0.25, -0.2) is 0 Å². The number of carbonyl (C=O) groups is 3. The number of anilines is 1. The average molecular weight is 499 g/mol. The number of likely N-dealkylation sites (tertiary alicyclic amines) is 1. The highest BCUT2D eigenvalue weighted by Gasteiger charge is 2.52. The number of Topliss-reactive ketones (excluding diaryl/α,β-unsaturated/α-hetero) is 1. The van der Waals surface area contributed by atoms with Crippen LogP contribution in [-0.4, -0.2) is 92.0 Å². The Kier molecular flexibility index (Phi) is 8.05. The van der Waals surface area contributed by atoms with E-state index in [1.165, 1.54) is 0 Å². The first-order chi connectivity index (χ1) is 17.1. The Bertz CT molecular complexity index is 949. The van der Waals surface area contributed by atoms with Crippen molar-refractivity contribution in [2.24, 2.45) is 11.3 Å². The van der Waals surface area contributed by atoms with Crippen LogP contribution in [0.25, 0.3) is 0 Å². The number of piperazine rings is 1. The second kappa shape index (κ2) is 10.9. The van der Waals surface area contributed by atoms with Crippen LogP contribution in [0.3, 0.4) is 0 Å². The van der Waals surface area contributed by atoms with E-state index in [-0.39, 0.29) is 41.6 Å². The molecule has 8 nitrogen and oxygen atoms in total. The quantitative estimate of drug-likeness (QED) is 0.622. The van der Waals surface area contributed by atoms with Crippen molar-refractivity contribution in [2.45, 2.75) is 65.1 Å². The number of hydrogen-bond acceptors (Lipinski definition) is 6. The van der Waals surface area contributed by atoms with Crippen molar-refractivity contribution in [3.05, 3.63) is 29.8 Å². The molecule has 1 aromatic rings. The fourth-order valence-corrected chi connectivity index (χ4v) is 5.75. The molecule has 1 N–H and O–H groups in total. The van der Waals surface area contributed by atoms with E-state index in [1.807, 2.05) is 24.3 Å². The topological polar surface area (TPSA) is 82.2 Å². The first-order valence-electron chi connectivity index (χ1n) is 13.4. The predicted molar refractivity (Wildman–Crippen MR) is 140 cm³/mol. The minimum Gasteiger partial charge on any atom is -0.369 e. The molecule has 1 aromatic carbocycles. The molecule has 0 saturated carbocycles. The molecule has 3 aliphatic heterocycles. The smallest absolute Gasteiger partial charge is 0.251 e. The minimum absolute atomic E-state index is 0.0349. The zero-order chi connectivity index (χ0) is 26.0. The SMILES string of the molecule is CCC[C@@H]1CN(C(=O)C(CC(C)(C)C)NC(=O)c2ccc(N3CCN(C)CC3)cc2)[C@@H]2C(=O)CO[C@H]12. The lowest BCUT2D eigenvalue weighted by molar-refractivity contribution is -0.138. The zero-order valence-electron chi connectivity index (χ0n) is 22.5. The Hall–Kier alpha value is -2.45. The zero-order valence-corrected chi connectivity index (χ0v) is 22.5. The van der Waals surface area contributed by atoms with Crippen molar-refractivity contribution in [1.29, 1.82) is 0 Å². The maximum Gasteiger partial charge on any atom is 0.251 e. The van der Waals surface area contributed by atoms with Gasteiger partial charge in [0.1, 0.15) is 18.7 Å². The maximum atomic E-state index is 13.8. The Morgan fingerprint density at radius 2 is 1.78 bits per heavy atom. The van der Waals surface area contributed by atoms with Gasteiger partial charge >= 0.3 is 0 Å². The van der Waals surface area contributed by atoms with E-state index in [9.17, 15) is 14.4 Å². The second-order valence-electron chi connectivity index (χ2n) is 11.9. The fraction of sp³-hybridized carbons (Fsp3) is 0.679. The Morgan fingerprint density at radius 1 is 1.11 bits per heavy atom. The molecule has 0 bridgehead atoms. The van der Waals surface area contributed by atoms with Gasteiger partial charge in [0.2, 0.25) is 5.91 Å². The molecule has 0 aliphatic carbocycles. The number of carbonyl (C=O) groups excluding carboxylic acids is 3. The number of benzene rings is 1. The number of ether oxygens (including phenoxy) is 1. The van der Waals surface area contributed by atoms with Crippen LogP contribution < -0.4 is 10.2 Å². The third-order valence-electron chi connectivity index (χ3n) is 7.65.